The number of hydrogen-bond donors (Lipinski definition) is 2. The molecule has 1 saturated carbocycles. The number of aliphatic carboxylic acids is 1. The molecule has 0 aromatic carbocycles. The summed E-state index contributed by atoms with van der Waals surface area (Å²) in [5, 5.41) is 12.3. The number of carboxylic acids is 1. The van der Waals surface area contributed by atoms with Crippen molar-refractivity contribution in [2.24, 2.45) is 11.8 Å². The fourth-order valence-electron chi connectivity index (χ4n) is 2.61. The van der Waals surface area contributed by atoms with Crippen molar-refractivity contribution in [2.45, 2.75) is 19.3 Å². The van der Waals surface area contributed by atoms with Gasteiger partial charge in [0.1, 0.15) is 5.69 Å². The van der Waals surface area contributed by atoms with Crippen molar-refractivity contribution in [3.8, 4) is 0 Å². The SMILES string of the molecule is COC(=O)c1cc(NCC2CCCC2C(=O)O)ccn1. The van der Waals surface area contributed by atoms with Gasteiger partial charge in [0.15, 0.2) is 0 Å². The maximum absolute atomic E-state index is 11.4. The van der Waals surface area contributed by atoms with Crippen LogP contribution < -0.4 is 5.32 Å². The summed E-state index contributed by atoms with van der Waals surface area (Å²) in [5.74, 6) is -1.36. The predicted octanol–water partition coefficient (Wildman–Crippen LogP) is 1.78. The molecular weight excluding hydrogens is 260 g/mol. The second kappa shape index (κ2) is 6.36. The first-order chi connectivity index (χ1) is 9.61. The normalized spacial score (nSPS) is 21.4. The molecule has 1 aromatic rings. The Morgan fingerprint density at radius 2 is 2.30 bits per heavy atom. The fourth-order valence-corrected chi connectivity index (χ4v) is 2.61. The largest absolute Gasteiger partial charge is 0.481 e. The Kier molecular flexibility index (Phi) is 4.55. The molecule has 0 bridgehead atoms. The smallest absolute Gasteiger partial charge is 0.356 e. The second-order valence-corrected chi connectivity index (χ2v) is 4.94. The number of carbonyl (C=O) groups excluding carboxylic acids is 1. The highest BCUT2D eigenvalue weighted by atomic mass is 16.5. The lowest BCUT2D eigenvalue weighted by atomic mass is 9.96. The number of nitrogens with one attached hydrogen (secondary N) is 1. The summed E-state index contributed by atoms with van der Waals surface area (Å²) in [7, 11) is 1.31. The number of hydrogen-bond acceptors (Lipinski definition) is 5. The van der Waals surface area contributed by atoms with E-state index in [4.69, 9.17) is 5.11 Å². The van der Waals surface area contributed by atoms with E-state index in [-0.39, 0.29) is 17.5 Å². The summed E-state index contributed by atoms with van der Waals surface area (Å²) in [6.45, 7) is 0.585. The topological polar surface area (TPSA) is 88.5 Å². The van der Waals surface area contributed by atoms with Gasteiger partial charge in [0.2, 0.25) is 0 Å². The van der Waals surface area contributed by atoms with Crippen LogP contribution in [0.4, 0.5) is 5.69 Å². The Morgan fingerprint density at radius 3 is 3.00 bits per heavy atom. The minimum atomic E-state index is -0.723. The number of carbonyl (C=O) groups is 2. The molecule has 2 unspecified atom stereocenters. The number of aromatic nitrogens is 1. The molecule has 20 heavy (non-hydrogen) atoms. The molecule has 1 aliphatic carbocycles. The number of methoxy groups -OCH3 is 1. The van der Waals surface area contributed by atoms with Crippen LogP contribution in [0.15, 0.2) is 18.3 Å². The Bertz CT molecular complexity index is 504. The van der Waals surface area contributed by atoms with Gasteiger partial charge in [0.25, 0.3) is 0 Å². The van der Waals surface area contributed by atoms with E-state index in [1.807, 2.05) is 0 Å². The summed E-state index contributed by atoms with van der Waals surface area (Å²) < 4.78 is 4.61. The lowest BCUT2D eigenvalue weighted by Gasteiger charge is -2.17. The minimum Gasteiger partial charge on any atom is -0.481 e. The molecule has 0 spiro atoms. The maximum Gasteiger partial charge on any atom is 0.356 e. The Labute approximate surface area is 117 Å². The van der Waals surface area contributed by atoms with E-state index in [1.165, 1.54) is 13.3 Å². The second-order valence-electron chi connectivity index (χ2n) is 4.94. The summed E-state index contributed by atoms with van der Waals surface area (Å²) >= 11 is 0. The van der Waals surface area contributed by atoms with Crippen LogP contribution in [-0.4, -0.2) is 35.7 Å². The Balaban J connectivity index is 1.97. The zero-order chi connectivity index (χ0) is 14.5. The maximum atomic E-state index is 11.4. The number of carboxylic acid groups (broad SMARTS) is 1. The molecule has 0 radical (unpaired) electrons. The van der Waals surface area contributed by atoms with E-state index in [0.29, 0.717) is 6.54 Å². The molecule has 2 N–H and O–H groups in total. The van der Waals surface area contributed by atoms with Crippen molar-refractivity contribution < 1.29 is 19.4 Å². The molecule has 0 amide bonds. The third kappa shape index (κ3) is 3.26. The molecule has 2 atom stereocenters. The number of esters is 1. The quantitative estimate of drug-likeness (QED) is 0.798. The zero-order valence-corrected chi connectivity index (χ0v) is 11.3. The van der Waals surface area contributed by atoms with Crippen molar-refractivity contribution in [1.29, 1.82) is 0 Å². The molecule has 1 aliphatic rings. The van der Waals surface area contributed by atoms with Gasteiger partial charge < -0.3 is 15.2 Å². The van der Waals surface area contributed by atoms with E-state index in [0.717, 1.165) is 24.9 Å². The van der Waals surface area contributed by atoms with Crippen molar-refractivity contribution in [3.63, 3.8) is 0 Å². The highest BCUT2D eigenvalue weighted by Gasteiger charge is 2.32. The van der Waals surface area contributed by atoms with Gasteiger partial charge in [-0.2, -0.15) is 0 Å². The summed E-state index contributed by atoms with van der Waals surface area (Å²) in [6.07, 6.45) is 4.13. The molecule has 6 nitrogen and oxygen atoms in total. The third-order valence-electron chi connectivity index (χ3n) is 3.70. The average molecular weight is 278 g/mol. The Morgan fingerprint density at radius 1 is 1.50 bits per heavy atom. The third-order valence-corrected chi connectivity index (χ3v) is 3.70. The molecular formula is C14H18N2O4. The van der Waals surface area contributed by atoms with Crippen LogP contribution in [0.5, 0.6) is 0 Å². The summed E-state index contributed by atoms with van der Waals surface area (Å²) in [6, 6.07) is 3.35. The number of pyridine rings is 1. The van der Waals surface area contributed by atoms with Crippen LogP contribution in [0.1, 0.15) is 29.8 Å². The summed E-state index contributed by atoms with van der Waals surface area (Å²) in [4.78, 5) is 26.4. The molecule has 108 valence electrons. The molecule has 2 rings (SSSR count). The lowest BCUT2D eigenvalue weighted by Crippen LogP contribution is -2.24. The molecule has 0 aliphatic heterocycles. The molecule has 0 saturated heterocycles. The van der Waals surface area contributed by atoms with Crippen LogP contribution in [0.25, 0.3) is 0 Å². The number of anilines is 1. The fraction of sp³-hybridized carbons (Fsp3) is 0.500. The van der Waals surface area contributed by atoms with Gasteiger partial charge in [0.05, 0.1) is 13.0 Å². The monoisotopic (exact) mass is 278 g/mol. The van der Waals surface area contributed by atoms with Crippen molar-refractivity contribution in [3.05, 3.63) is 24.0 Å². The van der Waals surface area contributed by atoms with Crippen LogP contribution in [0.3, 0.4) is 0 Å². The van der Waals surface area contributed by atoms with Crippen LogP contribution >= 0.6 is 0 Å². The molecule has 1 fully saturated rings. The first kappa shape index (κ1) is 14.3. The van der Waals surface area contributed by atoms with E-state index < -0.39 is 11.9 Å². The predicted molar refractivity (Wildman–Crippen MR) is 72.5 cm³/mol. The highest BCUT2D eigenvalue weighted by Crippen LogP contribution is 2.32. The van der Waals surface area contributed by atoms with E-state index in [2.05, 4.69) is 15.0 Å². The number of nitrogens with zero attached hydrogens (tertiary/aromatic N) is 1. The number of ether oxygens (including phenoxy) is 1. The van der Waals surface area contributed by atoms with Gasteiger partial charge in [0, 0.05) is 18.4 Å². The van der Waals surface area contributed by atoms with Gasteiger partial charge in [-0.3, -0.25) is 4.79 Å². The average Bonchev–Trinajstić information content (AvgIpc) is 2.93. The molecule has 1 aromatic heterocycles. The van der Waals surface area contributed by atoms with Gasteiger partial charge in [-0.05, 0) is 30.9 Å². The number of rotatable bonds is 5. The standard InChI is InChI=1S/C14H18N2O4/c1-20-14(19)12-7-10(5-6-15-12)16-8-9-3-2-4-11(9)13(17)18/h5-7,9,11H,2-4,8H2,1H3,(H,15,16)(H,17,18). The van der Waals surface area contributed by atoms with Crippen LogP contribution in [-0.2, 0) is 9.53 Å². The van der Waals surface area contributed by atoms with Crippen molar-refractivity contribution in [1.82, 2.24) is 4.98 Å². The van der Waals surface area contributed by atoms with Gasteiger partial charge in [-0.15, -0.1) is 0 Å². The van der Waals surface area contributed by atoms with Gasteiger partial charge >= 0.3 is 11.9 Å². The Hall–Kier alpha value is -2.11. The van der Waals surface area contributed by atoms with Crippen LogP contribution in [0.2, 0.25) is 0 Å². The lowest BCUT2D eigenvalue weighted by molar-refractivity contribution is -0.142. The van der Waals surface area contributed by atoms with Crippen LogP contribution in [0, 0.1) is 11.8 Å². The minimum absolute atomic E-state index is 0.127. The highest BCUT2D eigenvalue weighted by molar-refractivity contribution is 5.88. The van der Waals surface area contributed by atoms with E-state index in [9.17, 15) is 9.59 Å². The zero-order valence-electron chi connectivity index (χ0n) is 11.3. The van der Waals surface area contributed by atoms with E-state index >= 15 is 0 Å². The molecule has 1 heterocycles. The van der Waals surface area contributed by atoms with Crippen molar-refractivity contribution >= 4 is 17.6 Å². The molecule has 6 heteroatoms. The van der Waals surface area contributed by atoms with Gasteiger partial charge in [-0.1, -0.05) is 6.42 Å². The summed E-state index contributed by atoms with van der Waals surface area (Å²) in [5.41, 5.74) is 0.982. The van der Waals surface area contributed by atoms with Gasteiger partial charge in [-0.25, -0.2) is 9.78 Å². The van der Waals surface area contributed by atoms with Crippen molar-refractivity contribution in [2.75, 3.05) is 19.0 Å². The first-order valence-electron chi connectivity index (χ1n) is 6.63. The first-order valence-corrected chi connectivity index (χ1v) is 6.63. The van der Waals surface area contributed by atoms with E-state index in [1.54, 1.807) is 12.1 Å².